The molecule has 0 spiro atoms. The molecular weight excluding hydrogens is 442 g/mol. The largest absolute Gasteiger partial charge is 0.768 e. The van der Waals surface area contributed by atoms with Crippen LogP contribution in [0, 0.1) is 6.92 Å². The molecule has 3 N–H and O–H groups in total. The molecule has 3 aromatic rings. The van der Waals surface area contributed by atoms with E-state index in [2.05, 4.69) is 25.6 Å². The predicted molar refractivity (Wildman–Crippen MR) is 106 cm³/mol. The fraction of sp³-hybridized carbons (Fsp3) is 0.0625. The van der Waals surface area contributed by atoms with Crippen LogP contribution in [0.15, 0.2) is 52.3 Å². The molecular formula is C16H13ClN5O5S2-. The van der Waals surface area contributed by atoms with E-state index in [9.17, 15) is 17.2 Å². The van der Waals surface area contributed by atoms with Gasteiger partial charge in [-0.3, -0.25) is 8.76 Å². The van der Waals surface area contributed by atoms with Crippen LogP contribution < -0.4 is 10.6 Å². The topological polar surface area (TPSA) is 157 Å². The van der Waals surface area contributed by atoms with E-state index in [0.29, 0.717) is 16.9 Å². The molecule has 0 fully saturated rings. The van der Waals surface area contributed by atoms with E-state index in [1.807, 2.05) is 0 Å². The highest BCUT2D eigenvalue weighted by Crippen LogP contribution is 2.23. The van der Waals surface area contributed by atoms with Crippen molar-refractivity contribution in [3.8, 4) is 0 Å². The van der Waals surface area contributed by atoms with Gasteiger partial charge >= 0.3 is 0 Å². The van der Waals surface area contributed by atoms with Crippen molar-refractivity contribution in [1.82, 2.24) is 15.0 Å². The van der Waals surface area contributed by atoms with Gasteiger partial charge in [-0.1, -0.05) is 0 Å². The van der Waals surface area contributed by atoms with E-state index < -0.39 is 21.2 Å². The van der Waals surface area contributed by atoms with Crippen LogP contribution >= 0.6 is 11.6 Å². The zero-order valence-electron chi connectivity index (χ0n) is 14.7. The second kappa shape index (κ2) is 8.39. The molecule has 13 heteroatoms. The zero-order valence-corrected chi connectivity index (χ0v) is 17.0. The van der Waals surface area contributed by atoms with E-state index in [0.717, 1.165) is 0 Å². The summed E-state index contributed by atoms with van der Waals surface area (Å²) in [4.78, 5) is 12.0. The van der Waals surface area contributed by atoms with Gasteiger partial charge in [0.1, 0.15) is 0 Å². The highest BCUT2D eigenvalue weighted by atomic mass is 35.5. The Hall–Kier alpha value is -2.64. The first-order valence-corrected chi connectivity index (χ1v) is 10.7. The van der Waals surface area contributed by atoms with Crippen LogP contribution in [0.5, 0.6) is 0 Å². The summed E-state index contributed by atoms with van der Waals surface area (Å²) in [6.45, 7) is 1.53. The normalized spacial score (nSPS) is 12.4. The van der Waals surface area contributed by atoms with Crippen LogP contribution in [0.25, 0.3) is 0 Å². The second-order valence-electron chi connectivity index (χ2n) is 5.72. The van der Waals surface area contributed by atoms with E-state index in [-0.39, 0.29) is 27.0 Å². The van der Waals surface area contributed by atoms with E-state index in [1.54, 1.807) is 0 Å². The SMILES string of the molecule is Cc1cc(Nc2nc(Cl)nc(Nc3ccc(S(=O)[O-])cc3)n2)ccc1S(=O)(=O)O. The van der Waals surface area contributed by atoms with Gasteiger partial charge in [0.25, 0.3) is 10.1 Å². The molecule has 1 unspecified atom stereocenters. The number of rotatable bonds is 6. The van der Waals surface area contributed by atoms with Crippen LogP contribution in [-0.4, -0.2) is 36.7 Å². The summed E-state index contributed by atoms with van der Waals surface area (Å²) in [5.41, 5.74) is 1.32. The van der Waals surface area contributed by atoms with E-state index >= 15 is 0 Å². The molecule has 0 aliphatic rings. The van der Waals surface area contributed by atoms with Crippen LogP contribution in [0.2, 0.25) is 5.28 Å². The van der Waals surface area contributed by atoms with Gasteiger partial charge in [0.15, 0.2) is 0 Å². The van der Waals surface area contributed by atoms with Gasteiger partial charge in [0, 0.05) is 16.3 Å². The van der Waals surface area contributed by atoms with Gasteiger partial charge in [-0.2, -0.15) is 23.4 Å². The Morgan fingerprint density at radius 2 is 1.55 bits per heavy atom. The first kappa shape index (κ1) is 21.1. The van der Waals surface area contributed by atoms with Gasteiger partial charge in [0.05, 0.1) is 4.90 Å². The molecule has 0 bridgehead atoms. The van der Waals surface area contributed by atoms with Crippen molar-refractivity contribution >= 4 is 56.1 Å². The van der Waals surface area contributed by atoms with Crippen LogP contribution in [0.4, 0.5) is 23.3 Å². The van der Waals surface area contributed by atoms with Crippen molar-refractivity contribution in [1.29, 1.82) is 0 Å². The van der Waals surface area contributed by atoms with Crippen molar-refractivity contribution in [2.45, 2.75) is 16.7 Å². The van der Waals surface area contributed by atoms with E-state index in [4.69, 9.17) is 16.2 Å². The third-order valence-corrected chi connectivity index (χ3v) is 5.46. The molecule has 0 aliphatic carbocycles. The molecule has 1 aromatic heterocycles. The Kier molecular flexibility index (Phi) is 6.10. The molecule has 0 aliphatic heterocycles. The number of aromatic nitrogens is 3. The molecule has 0 radical (unpaired) electrons. The smallest absolute Gasteiger partial charge is 0.294 e. The van der Waals surface area contributed by atoms with Crippen molar-refractivity contribution in [3.63, 3.8) is 0 Å². The number of benzene rings is 2. The summed E-state index contributed by atoms with van der Waals surface area (Å²) in [6, 6.07) is 10.1. The highest BCUT2D eigenvalue weighted by molar-refractivity contribution is 7.85. The lowest BCUT2D eigenvalue weighted by Gasteiger charge is -2.11. The lowest BCUT2D eigenvalue weighted by atomic mass is 10.2. The Labute approximate surface area is 173 Å². The van der Waals surface area contributed by atoms with Crippen molar-refractivity contribution in [2.75, 3.05) is 10.6 Å². The maximum Gasteiger partial charge on any atom is 0.294 e. The molecule has 3 rings (SSSR count). The lowest BCUT2D eigenvalue weighted by Crippen LogP contribution is -2.05. The number of hydrogen-bond acceptors (Lipinski definition) is 9. The first-order chi connectivity index (χ1) is 13.6. The molecule has 0 amide bonds. The van der Waals surface area contributed by atoms with Crippen molar-refractivity contribution in [2.24, 2.45) is 0 Å². The highest BCUT2D eigenvalue weighted by Gasteiger charge is 2.14. The fourth-order valence-electron chi connectivity index (χ4n) is 2.39. The summed E-state index contributed by atoms with van der Waals surface area (Å²) in [5.74, 6) is 0.193. The molecule has 1 atom stereocenters. The fourth-order valence-corrected chi connectivity index (χ4v) is 3.61. The molecule has 10 nitrogen and oxygen atoms in total. The quantitative estimate of drug-likeness (QED) is 0.373. The summed E-state index contributed by atoms with van der Waals surface area (Å²) in [6.07, 6.45) is 0. The molecule has 1 heterocycles. The van der Waals surface area contributed by atoms with Crippen molar-refractivity contribution in [3.05, 3.63) is 53.3 Å². The average Bonchev–Trinajstić information content (AvgIpc) is 2.60. The number of halogens is 1. The molecule has 152 valence electrons. The van der Waals surface area contributed by atoms with Crippen molar-refractivity contribution < 1.29 is 21.7 Å². The zero-order chi connectivity index (χ0) is 21.2. The summed E-state index contributed by atoms with van der Waals surface area (Å²) < 4.78 is 53.6. The van der Waals surface area contributed by atoms with Gasteiger partial charge in [-0.05, 0) is 77.6 Å². The number of aryl methyl sites for hydroxylation is 1. The third kappa shape index (κ3) is 5.46. The standard InChI is InChI=1S/C16H14ClN5O5S2/c1-9-8-11(4-7-13(9)29(25,26)27)19-16-21-14(17)20-15(22-16)18-10-2-5-12(6-3-10)28(23)24/h2-8H,1H3,(H,23,24)(H,25,26,27)(H2,18,19,20,21,22)/p-1. The second-order valence-corrected chi connectivity index (χ2v) is 8.38. The minimum absolute atomic E-state index is 0.0868. The molecule has 0 saturated carbocycles. The maximum atomic E-state index is 11.3. The van der Waals surface area contributed by atoms with Gasteiger partial charge in [-0.25, -0.2) is 0 Å². The number of nitrogens with one attached hydrogen (secondary N) is 2. The lowest BCUT2D eigenvalue weighted by molar-refractivity contribution is 0.482. The predicted octanol–water partition coefficient (Wildman–Crippen LogP) is 2.81. The minimum atomic E-state index is -4.32. The minimum Gasteiger partial charge on any atom is -0.768 e. The molecule has 0 saturated heterocycles. The van der Waals surface area contributed by atoms with Gasteiger partial charge < -0.3 is 15.2 Å². The number of anilines is 4. The summed E-state index contributed by atoms with van der Waals surface area (Å²) >= 11 is 3.60. The summed E-state index contributed by atoms with van der Waals surface area (Å²) in [7, 11) is -4.32. The Bertz CT molecular complexity index is 1190. The Balaban J connectivity index is 1.82. The maximum absolute atomic E-state index is 11.3. The first-order valence-electron chi connectivity index (χ1n) is 7.85. The Morgan fingerprint density at radius 3 is 2.07 bits per heavy atom. The number of nitrogens with zero attached hydrogens (tertiary/aromatic N) is 3. The molecule has 29 heavy (non-hydrogen) atoms. The third-order valence-electron chi connectivity index (χ3n) is 3.62. The molecule has 2 aromatic carbocycles. The monoisotopic (exact) mass is 454 g/mol. The number of hydrogen-bond donors (Lipinski definition) is 3. The Morgan fingerprint density at radius 1 is 1.00 bits per heavy atom. The van der Waals surface area contributed by atoms with Crippen LogP contribution in [0.1, 0.15) is 5.56 Å². The summed E-state index contributed by atoms with van der Waals surface area (Å²) in [5, 5.41) is 5.64. The van der Waals surface area contributed by atoms with Crippen LogP contribution in [-0.2, 0) is 21.2 Å². The average molecular weight is 455 g/mol. The van der Waals surface area contributed by atoms with Crippen LogP contribution in [0.3, 0.4) is 0 Å². The van der Waals surface area contributed by atoms with Gasteiger partial charge in [-0.15, -0.1) is 0 Å². The van der Waals surface area contributed by atoms with E-state index in [1.165, 1.54) is 49.4 Å². The van der Waals surface area contributed by atoms with Gasteiger partial charge in [0.2, 0.25) is 17.2 Å².